The summed E-state index contributed by atoms with van der Waals surface area (Å²) in [6, 6.07) is 11.6. The second-order valence-electron chi connectivity index (χ2n) is 7.96. The number of carbonyl (C=O) groups is 1. The van der Waals surface area contributed by atoms with E-state index >= 15 is 0 Å². The van der Waals surface area contributed by atoms with Gasteiger partial charge in [0.2, 0.25) is 5.91 Å². The quantitative estimate of drug-likeness (QED) is 0.422. The van der Waals surface area contributed by atoms with Crippen LogP contribution in [0.5, 0.6) is 11.8 Å². The molecule has 0 spiro atoms. The number of anilines is 1. The maximum Gasteiger partial charge on any atom is 0.321 e. The van der Waals surface area contributed by atoms with Gasteiger partial charge in [0.1, 0.15) is 11.3 Å². The Morgan fingerprint density at radius 2 is 1.87 bits per heavy atom. The van der Waals surface area contributed by atoms with Crippen molar-refractivity contribution in [2.45, 2.75) is 40.0 Å². The largest absolute Gasteiger partial charge is 0.464 e. The Morgan fingerprint density at radius 1 is 1.10 bits per heavy atom. The van der Waals surface area contributed by atoms with Crippen LogP contribution in [0.15, 0.2) is 59.5 Å². The molecule has 0 aliphatic rings. The van der Waals surface area contributed by atoms with Crippen LogP contribution in [-0.4, -0.2) is 15.9 Å². The van der Waals surface area contributed by atoms with Crippen molar-refractivity contribution >= 4 is 22.6 Å². The summed E-state index contributed by atoms with van der Waals surface area (Å²) >= 11 is 0. The van der Waals surface area contributed by atoms with Gasteiger partial charge in [0, 0.05) is 29.0 Å². The highest BCUT2D eigenvalue weighted by Crippen LogP contribution is 2.30. The first-order valence-corrected chi connectivity index (χ1v) is 10.3. The molecule has 0 fully saturated rings. The Hall–Kier alpha value is -3.67. The summed E-state index contributed by atoms with van der Waals surface area (Å²) in [6.45, 7) is 8.34. The molecule has 31 heavy (non-hydrogen) atoms. The number of aryl methyl sites for hydroxylation is 2. The van der Waals surface area contributed by atoms with E-state index in [9.17, 15) is 4.79 Å². The first kappa shape index (κ1) is 20.6. The molecule has 6 nitrogen and oxygen atoms in total. The van der Waals surface area contributed by atoms with Gasteiger partial charge in [-0.3, -0.25) is 4.79 Å². The number of hydrogen-bond acceptors (Lipinski definition) is 5. The molecule has 1 amide bonds. The predicted octanol–water partition coefficient (Wildman–Crippen LogP) is 5.94. The molecule has 0 saturated heterocycles. The molecule has 6 heteroatoms. The third-order valence-corrected chi connectivity index (χ3v) is 5.24. The van der Waals surface area contributed by atoms with E-state index in [0.717, 1.165) is 27.8 Å². The highest BCUT2D eigenvalue weighted by molar-refractivity contribution is 5.96. The lowest BCUT2D eigenvalue weighted by molar-refractivity contribution is -0.115. The van der Waals surface area contributed by atoms with Crippen LogP contribution in [0.2, 0.25) is 0 Å². The Bertz CT molecular complexity index is 1230. The molecule has 1 N–H and O–H groups in total. The van der Waals surface area contributed by atoms with Crippen LogP contribution < -0.4 is 10.1 Å². The molecular weight excluding hydrogens is 390 g/mol. The molecular formula is C25H25N3O3. The zero-order valence-corrected chi connectivity index (χ0v) is 18.1. The Balaban J connectivity index is 1.48. The minimum absolute atomic E-state index is 0.0995. The molecule has 0 atom stereocenters. The van der Waals surface area contributed by atoms with Crippen LogP contribution in [-0.2, 0) is 11.2 Å². The Morgan fingerprint density at radius 3 is 2.58 bits per heavy atom. The molecule has 0 saturated carbocycles. The molecule has 158 valence electrons. The topological polar surface area (TPSA) is 77.3 Å². The van der Waals surface area contributed by atoms with E-state index in [1.54, 1.807) is 30.8 Å². The molecule has 0 unspecified atom stereocenters. The van der Waals surface area contributed by atoms with Gasteiger partial charge in [-0.1, -0.05) is 13.8 Å². The van der Waals surface area contributed by atoms with Gasteiger partial charge in [0.05, 0.1) is 12.7 Å². The van der Waals surface area contributed by atoms with Gasteiger partial charge in [-0.05, 0) is 72.9 Å². The lowest BCUT2D eigenvalue weighted by Gasteiger charge is -2.11. The minimum Gasteiger partial charge on any atom is -0.464 e. The summed E-state index contributed by atoms with van der Waals surface area (Å²) < 4.78 is 11.3. The summed E-state index contributed by atoms with van der Waals surface area (Å²) in [5.41, 5.74) is 5.78. The lowest BCUT2D eigenvalue weighted by atomic mass is 9.95. The van der Waals surface area contributed by atoms with Gasteiger partial charge in [0.25, 0.3) is 0 Å². The van der Waals surface area contributed by atoms with Crippen molar-refractivity contribution in [1.29, 1.82) is 0 Å². The highest BCUT2D eigenvalue weighted by Gasteiger charge is 2.15. The van der Waals surface area contributed by atoms with Crippen LogP contribution >= 0.6 is 0 Å². The molecule has 2 aromatic heterocycles. The number of nitrogens with zero attached hydrogens (tertiary/aromatic N) is 2. The van der Waals surface area contributed by atoms with Crippen LogP contribution in [0.4, 0.5) is 5.69 Å². The number of nitrogens with one attached hydrogen (secondary N) is 1. The lowest BCUT2D eigenvalue weighted by Crippen LogP contribution is -2.15. The van der Waals surface area contributed by atoms with Gasteiger partial charge < -0.3 is 14.5 Å². The smallest absolute Gasteiger partial charge is 0.321 e. The van der Waals surface area contributed by atoms with Crippen molar-refractivity contribution in [3.63, 3.8) is 0 Å². The van der Waals surface area contributed by atoms with Crippen molar-refractivity contribution in [3.05, 3.63) is 77.3 Å². The summed E-state index contributed by atoms with van der Waals surface area (Å²) in [7, 11) is 0. The van der Waals surface area contributed by atoms with E-state index in [4.69, 9.17) is 9.15 Å². The molecule has 0 aliphatic heterocycles. The average molecular weight is 415 g/mol. The molecule has 0 bridgehead atoms. The first-order valence-electron chi connectivity index (χ1n) is 10.3. The number of aromatic nitrogens is 2. The second kappa shape index (κ2) is 8.60. The van der Waals surface area contributed by atoms with Crippen molar-refractivity contribution in [3.8, 4) is 11.8 Å². The number of fused-ring (bicyclic) bond motifs is 1. The highest BCUT2D eigenvalue weighted by atomic mass is 16.5. The monoisotopic (exact) mass is 415 g/mol. The number of hydrogen-bond donors (Lipinski definition) is 1. The van der Waals surface area contributed by atoms with Gasteiger partial charge >= 0.3 is 6.01 Å². The zero-order valence-electron chi connectivity index (χ0n) is 18.1. The van der Waals surface area contributed by atoms with Crippen LogP contribution in [0.3, 0.4) is 0 Å². The zero-order chi connectivity index (χ0) is 22.0. The fourth-order valence-corrected chi connectivity index (χ4v) is 3.65. The number of amides is 1. The number of rotatable bonds is 6. The molecule has 0 radical (unpaired) electrons. The molecule has 2 aromatic carbocycles. The number of benzene rings is 2. The van der Waals surface area contributed by atoms with E-state index in [-0.39, 0.29) is 18.3 Å². The van der Waals surface area contributed by atoms with Crippen LogP contribution in [0.25, 0.3) is 11.0 Å². The molecule has 0 aliphatic carbocycles. The van der Waals surface area contributed by atoms with Crippen molar-refractivity contribution in [1.82, 2.24) is 9.97 Å². The molecule has 4 aromatic rings. The van der Waals surface area contributed by atoms with Gasteiger partial charge in [-0.15, -0.1) is 0 Å². The second-order valence-corrected chi connectivity index (χ2v) is 7.96. The Labute approximate surface area is 181 Å². The summed E-state index contributed by atoms with van der Waals surface area (Å²) in [4.78, 5) is 20.8. The van der Waals surface area contributed by atoms with E-state index in [1.165, 1.54) is 11.1 Å². The van der Waals surface area contributed by atoms with E-state index in [0.29, 0.717) is 11.7 Å². The van der Waals surface area contributed by atoms with Crippen molar-refractivity contribution < 1.29 is 13.9 Å². The van der Waals surface area contributed by atoms with Crippen molar-refractivity contribution in [2.24, 2.45) is 0 Å². The van der Waals surface area contributed by atoms with E-state index in [1.807, 2.05) is 25.1 Å². The van der Waals surface area contributed by atoms with Gasteiger partial charge in [-0.2, -0.15) is 0 Å². The maximum atomic E-state index is 12.7. The van der Waals surface area contributed by atoms with E-state index in [2.05, 4.69) is 42.1 Å². The number of ether oxygens (including phenoxy) is 1. The normalized spacial score (nSPS) is 11.1. The SMILES string of the molecule is Cc1cc(Oc2ncccn2)ccc1NC(=O)Cc1coc2cc(C)c(C(C)C)cc12. The van der Waals surface area contributed by atoms with Crippen LogP contribution in [0, 0.1) is 13.8 Å². The molecule has 2 heterocycles. The molecule has 4 rings (SSSR count). The predicted molar refractivity (Wildman–Crippen MR) is 121 cm³/mol. The third kappa shape index (κ3) is 4.58. The Kier molecular flexibility index (Phi) is 5.71. The minimum atomic E-state index is -0.0995. The van der Waals surface area contributed by atoms with E-state index < -0.39 is 0 Å². The number of furan rings is 1. The third-order valence-electron chi connectivity index (χ3n) is 5.24. The fourth-order valence-electron chi connectivity index (χ4n) is 3.65. The van der Waals surface area contributed by atoms with Gasteiger partial charge in [-0.25, -0.2) is 9.97 Å². The van der Waals surface area contributed by atoms with Gasteiger partial charge in [0.15, 0.2) is 0 Å². The standard InChI is InChI=1S/C25H25N3O3/c1-15(2)20-13-21-18(14-30-23(21)11-16(20)3)12-24(29)28-22-7-6-19(10-17(22)4)31-25-26-8-5-9-27-25/h5-11,13-15H,12H2,1-4H3,(H,28,29). The maximum absolute atomic E-state index is 12.7. The summed E-state index contributed by atoms with van der Waals surface area (Å²) in [5, 5.41) is 3.98. The van der Waals surface area contributed by atoms with Crippen molar-refractivity contribution in [2.75, 3.05) is 5.32 Å². The fraction of sp³-hybridized carbons (Fsp3) is 0.240. The number of carbonyl (C=O) groups excluding carboxylic acids is 1. The summed E-state index contributed by atoms with van der Waals surface area (Å²) in [5.74, 6) is 0.919. The average Bonchev–Trinajstić information content (AvgIpc) is 3.11. The summed E-state index contributed by atoms with van der Waals surface area (Å²) in [6.07, 6.45) is 5.16. The first-order chi connectivity index (χ1) is 14.9. The van der Waals surface area contributed by atoms with Crippen LogP contribution in [0.1, 0.15) is 42.0 Å².